The minimum absolute atomic E-state index is 0.605. The van der Waals surface area contributed by atoms with Crippen LogP contribution in [0.3, 0.4) is 0 Å². The number of rotatable bonds is 7. The predicted molar refractivity (Wildman–Crippen MR) is 79.1 cm³/mol. The molecule has 0 saturated heterocycles. The van der Waals surface area contributed by atoms with Crippen molar-refractivity contribution < 1.29 is 4.74 Å². The molecule has 2 heterocycles. The molecule has 1 saturated carbocycles. The third kappa shape index (κ3) is 4.01. The molecule has 6 heteroatoms. The van der Waals surface area contributed by atoms with Gasteiger partial charge in [-0.25, -0.2) is 4.68 Å². The van der Waals surface area contributed by atoms with Crippen LogP contribution in [0.2, 0.25) is 0 Å². The Hall–Kier alpha value is -1.95. The van der Waals surface area contributed by atoms with E-state index in [9.17, 15) is 0 Å². The summed E-state index contributed by atoms with van der Waals surface area (Å²) < 4.78 is 7.08. The molecule has 0 unspecified atom stereocenters. The molecule has 21 heavy (non-hydrogen) atoms. The van der Waals surface area contributed by atoms with Crippen molar-refractivity contribution in [1.29, 1.82) is 0 Å². The van der Waals surface area contributed by atoms with Gasteiger partial charge in [-0.3, -0.25) is 4.98 Å². The highest BCUT2D eigenvalue weighted by molar-refractivity contribution is 5.26. The minimum Gasteiger partial charge on any atom is -0.497 e. The van der Waals surface area contributed by atoms with E-state index in [2.05, 4.69) is 20.6 Å². The van der Waals surface area contributed by atoms with Crippen LogP contribution in [-0.2, 0) is 13.1 Å². The number of ether oxygens (including phenoxy) is 1. The molecular weight excluding hydrogens is 266 g/mol. The summed E-state index contributed by atoms with van der Waals surface area (Å²) in [4.78, 5) is 4.50. The number of nitrogens with one attached hydrogen (secondary N) is 1. The first-order chi connectivity index (χ1) is 10.2. The van der Waals surface area contributed by atoms with Crippen LogP contribution in [0.4, 0.5) is 0 Å². The maximum Gasteiger partial charge on any atom is 0.122 e. The minimum atomic E-state index is 0.605. The smallest absolute Gasteiger partial charge is 0.122 e. The van der Waals surface area contributed by atoms with Gasteiger partial charge in [-0.05, 0) is 32.2 Å². The molecule has 0 aromatic carbocycles. The van der Waals surface area contributed by atoms with Gasteiger partial charge < -0.3 is 10.1 Å². The molecule has 0 aliphatic heterocycles. The molecule has 0 atom stereocenters. The second-order valence-corrected chi connectivity index (χ2v) is 5.62. The van der Waals surface area contributed by atoms with Gasteiger partial charge >= 0.3 is 0 Å². The Kier molecular flexibility index (Phi) is 4.15. The van der Waals surface area contributed by atoms with Crippen LogP contribution in [0.5, 0.6) is 5.75 Å². The van der Waals surface area contributed by atoms with Crippen LogP contribution in [0.15, 0.2) is 18.3 Å². The van der Waals surface area contributed by atoms with E-state index in [0.717, 1.165) is 41.8 Å². The molecule has 0 radical (unpaired) electrons. The van der Waals surface area contributed by atoms with E-state index < -0.39 is 0 Å². The lowest BCUT2D eigenvalue weighted by Crippen LogP contribution is -2.16. The van der Waals surface area contributed by atoms with Crippen LogP contribution < -0.4 is 10.1 Å². The summed E-state index contributed by atoms with van der Waals surface area (Å²) in [5.74, 6) is 1.70. The number of nitrogens with zero attached hydrogens (tertiary/aromatic N) is 4. The SMILES string of the molecule is COc1cc(C)nc(Cn2cc(CNCC3CC3)nn2)c1. The normalized spacial score (nSPS) is 14.4. The molecule has 0 bridgehead atoms. The second-order valence-electron chi connectivity index (χ2n) is 5.62. The lowest BCUT2D eigenvalue weighted by atomic mass is 10.3. The topological polar surface area (TPSA) is 64.9 Å². The van der Waals surface area contributed by atoms with Crippen molar-refractivity contribution in [2.24, 2.45) is 5.92 Å². The highest BCUT2D eigenvalue weighted by Crippen LogP contribution is 2.27. The van der Waals surface area contributed by atoms with E-state index in [1.165, 1.54) is 12.8 Å². The Labute approximate surface area is 124 Å². The molecule has 2 aromatic heterocycles. The Balaban J connectivity index is 1.59. The zero-order valence-electron chi connectivity index (χ0n) is 12.5. The summed E-state index contributed by atoms with van der Waals surface area (Å²) in [6.07, 6.45) is 4.69. The van der Waals surface area contributed by atoms with Gasteiger partial charge in [0.25, 0.3) is 0 Å². The average molecular weight is 287 g/mol. The third-order valence-corrected chi connectivity index (χ3v) is 3.56. The average Bonchev–Trinajstić information content (AvgIpc) is 3.18. The molecule has 112 valence electrons. The highest BCUT2D eigenvalue weighted by atomic mass is 16.5. The van der Waals surface area contributed by atoms with Gasteiger partial charge in [0.1, 0.15) is 5.75 Å². The van der Waals surface area contributed by atoms with Gasteiger partial charge in [0.15, 0.2) is 0 Å². The largest absolute Gasteiger partial charge is 0.497 e. The van der Waals surface area contributed by atoms with E-state index in [4.69, 9.17) is 4.74 Å². The lowest BCUT2D eigenvalue weighted by molar-refractivity contribution is 0.412. The fraction of sp³-hybridized carbons (Fsp3) is 0.533. The van der Waals surface area contributed by atoms with Crippen molar-refractivity contribution in [3.05, 3.63) is 35.4 Å². The maximum atomic E-state index is 5.26. The number of hydrogen-bond acceptors (Lipinski definition) is 5. The third-order valence-electron chi connectivity index (χ3n) is 3.56. The monoisotopic (exact) mass is 287 g/mol. The number of aryl methyl sites for hydroxylation is 1. The number of aromatic nitrogens is 4. The van der Waals surface area contributed by atoms with Crippen LogP contribution in [0.1, 0.15) is 29.9 Å². The van der Waals surface area contributed by atoms with Crippen LogP contribution in [-0.4, -0.2) is 33.6 Å². The molecule has 0 amide bonds. The van der Waals surface area contributed by atoms with Crippen molar-refractivity contribution in [2.45, 2.75) is 32.9 Å². The first kappa shape index (κ1) is 14.0. The van der Waals surface area contributed by atoms with Crippen LogP contribution in [0, 0.1) is 12.8 Å². The van der Waals surface area contributed by atoms with E-state index in [-0.39, 0.29) is 0 Å². The zero-order valence-corrected chi connectivity index (χ0v) is 12.5. The van der Waals surface area contributed by atoms with Crippen molar-refractivity contribution >= 4 is 0 Å². The standard InChI is InChI=1S/C15H21N5O/c1-11-5-15(21-2)6-13(17-11)9-20-10-14(18-19-20)8-16-7-12-3-4-12/h5-6,10,12,16H,3-4,7-9H2,1-2H3. The van der Waals surface area contributed by atoms with Crippen molar-refractivity contribution in [3.8, 4) is 5.75 Å². The fourth-order valence-electron chi connectivity index (χ4n) is 2.29. The zero-order chi connectivity index (χ0) is 14.7. The van der Waals surface area contributed by atoms with E-state index in [0.29, 0.717) is 6.54 Å². The van der Waals surface area contributed by atoms with Crippen molar-refractivity contribution in [2.75, 3.05) is 13.7 Å². The summed E-state index contributed by atoms with van der Waals surface area (Å²) in [7, 11) is 1.66. The second kappa shape index (κ2) is 6.22. The molecule has 3 rings (SSSR count). The summed E-state index contributed by atoms with van der Waals surface area (Å²) in [6, 6.07) is 3.85. The van der Waals surface area contributed by atoms with E-state index in [1.807, 2.05) is 29.9 Å². The van der Waals surface area contributed by atoms with Gasteiger partial charge in [-0.15, -0.1) is 5.10 Å². The van der Waals surface area contributed by atoms with Crippen LogP contribution in [0.25, 0.3) is 0 Å². The molecule has 2 aromatic rings. The van der Waals surface area contributed by atoms with Gasteiger partial charge in [-0.1, -0.05) is 5.21 Å². The summed E-state index contributed by atoms with van der Waals surface area (Å²) in [6.45, 7) is 4.43. The Morgan fingerprint density at radius 1 is 1.33 bits per heavy atom. The summed E-state index contributed by atoms with van der Waals surface area (Å²) in [5, 5.41) is 11.8. The molecule has 1 aliphatic carbocycles. The summed E-state index contributed by atoms with van der Waals surface area (Å²) in [5.41, 5.74) is 2.83. The molecular formula is C15H21N5O. The predicted octanol–water partition coefficient (Wildman–Crippen LogP) is 1.54. The van der Waals surface area contributed by atoms with Crippen LogP contribution >= 0.6 is 0 Å². The summed E-state index contributed by atoms with van der Waals surface area (Å²) >= 11 is 0. The molecule has 1 fully saturated rings. The van der Waals surface area contributed by atoms with Crippen molar-refractivity contribution in [1.82, 2.24) is 25.3 Å². The van der Waals surface area contributed by atoms with Crippen molar-refractivity contribution in [3.63, 3.8) is 0 Å². The Morgan fingerprint density at radius 3 is 2.95 bits per heavy atom. The lowest BCUT2D eigenvalue weighted by Gasteiger charge is -2.05. The molecule has 0 spiro atoms. The van der Waals surface area contributed by atoms with Gasteiger partial charge in [0, 0.05) is 24.4 Å². The highest BCUT2D eigenvalue weighted by Gasteiger charge is 2.20. The maximum absolute atomic E-state index is 5.26. The number of methoxy groups -OCH3 is 1. The van der Waals surface area contributed by atoms with Gasteiger partial charge in [0.2, 0.25) is 0 Å². The molecule has 6 nitrogen and oxygen atoms in total. The first-order valence-corrected chi connectivity index (χ1v) is 7.34. The van der Waals surface area contributed by atoms with E-state index >= 15 is 0 Å². The van der Waals surface area contributed by atoms with E-state index in [1.54, 1.807) is 7.11 Å². The number of pyridine rings is 1. The molecule has 1 N–H and O–H groups in total. The van der Waals surface area contributed by atoms with Gasteiger partial charge in [-0.2, -0.15) is 0 Å². The molecule has 1 aliphatic rings. The Morgan fingerprint density at radius 2 is 2.19 bits per heavy atom. The number of hydrogen-bond donors (Lipinski definition) is 1. The first-order valence-electron chi connectivity index (χ1n) is 7.34. The Bertz CT molecular complexity index is 606. The van der Waals surface area contributed by atoms with Gasteiger partial charge in [0.05, 0.1) is 31.2 Å². The quantitative estimate of drug-likeness (QED) is 0.837. The fourth-order valence-corrected chi connectivity index (χ4v) is 2.29.